The molecule has 0 spiro atoms. The second-order valence-corrected chi connectivity index (χ2v) is 1.75. The smallest absolute Gasteiger partial charge is 0.0622 e. The van der Waals surface area contributed by atoms with E-state index in [2.05, 4.69) is 4.60 Å². The van der Waals surface area contributed by atoms with Crippen molar-refractivity contribution in [2.24, 2.45) is 0 Å². The van der Waals surface area contributed by atoms with Gasteiger partial charge in [-0.2, -0.15) is 0 Å². The minimum absolute atomic E-state index is 0.154. The van der Waals surface area contributed by atoms with Gasteiger partial charge in [0, 0.05) is 4.60 Å². The Labute approximate surface area is 53.0 Å². The predicted molar refractivity (Wildman–Crippen MR) is 36.9 cm³/mol. The Balaban J connectivity index is 2.72. The van der Waals surface area contributed by atoms with Crippen molar-refractivity contribution >= 4 is 0 Å². The molecule has 0 heterocycles. The minimum Gasteiger partial charge on any atom is -0.0622 e. The van der Waals surface area contributed by atoms with Gasteiger partial charge in [0.1, 0.15) is 0 Å². The van der Waals surface area contributed by atoms with Crippen molar-refractivity contribution in [3.8, 4) is 0 Å². The van der Waals surface area contributed by atoms with Crippen molar-refractivity contribution in [2.45, 2.75) is 6.61 Å². The number of benzene rings is 1. The first-order valence-electron chi connectivity index (χ1n) is 2.72. The third-order valence-corrected chi connectivity index (χ3v) is 1.07. The molecular formula is C7H7O2+. The summed E-state index contributed by atoms with van der Waals surface area (Å²) in [6, 6.07) is 9.33. The molecule has 0 fully saturated rings. The van der Waals surface area contributed by atoms with Crippen molar-refractivity contribution in [1.82, 2.24) is 0 Å². The van der Waals surface area contributed by atoms with Crippen LogP contribution < -0.4 is 0 Å². The Hall–Kier alpha value is -1.18. The summed E-state index contributed by atoms with van der Waals surface area (Å²) < 4.78 is 3.68. The molecule has 0 radical (unpaired) electrons. The quantitative estimate of drug-likeness (QED) is 0.551. The van der Waals surface area contributed by atoms with Gasteiger partial charge in [0.25, 0.3) is 0 Å². The number of hydrogen-bond donors (Lipinski definition) is 0. The van der Waals surface area contributed by atoms with Crippen molar-refractivity contribution in [2.75, 3.05) is 0 Å². The predicted octanol–water partition coefficient (Wildman–Crippen LogP) is 1.80. The maximum atomic E-state index is 9.60. The summed E-state index contributed by atoms with van der Waals surface area (Å²) in [5, 5.41) is 0. The highest BCUT2D eigenvalue weighted by Gasteiger charge is 1.96. The molecule has 1 rings (SSSR count). The summed E-state index contributed by atoms with van der Waals surface area (Å²) in [6.07, 6.45) is 0. The fourth-order valence-corrected chi connectivity index (χ4v) is 0.642. The zero-order valence-electron chi connectivity index (χ0n) is 4.91. The van der Waals surface area contributed by atoms with E-state index in [0.717, 1.165) is 5.56 Å². The maximum absolute atomic E-state index is 9.60. The summed E-state index contributed by atoms with van der Waals surface area (Å²) in [7, 11) is 0. The lowest BCUT2D eigenvalue weighted by Gasteiger charge is -1.81. The van der Waals surface area contributed by atoms with Crippen molar-refractivity contribution in [1.29, 1.82) is 0 Å². The van der Waals surface area contributed by atoms with Crippen LogP contribution in [-0.2, 0) is 6.61 Å². The molecule has 0 aliphatic rings. The molecule has 46 valence electrons. The van der Waals surface area contributed by atoms with Gasteiger partial charge in [0.15, 0.2) is 0 Å². The highest BCUT2D eigenvalue weighted by Crippen LogP contribution is 1.97. The maximum Gasteiger partial charge on any atom is 0.367 e. The summed E-state index contributed by atoms with van der Waals surface area (Å²) in [5.74, 6) is 0. The second-order valence-electron chi connectivity index (χ2n) is 1.75. The van der Waals surface area contributed by atoms with Gasteiger partial charge in [-0.15, -0.1) is 0 Å². The van der Waals surface area contributed by atoms with E-state index in [-0.39, 0.29) is 6.61 Å². The Bertz CT molecular complexity index is 181. The van der Waals surface area contributed by atoms with E-state index in [4.69, 9.17) is 0 Å². The van der Waals surface area contributed by atoms with Crippen LogP contribution in [-0.4, -0.2) is 0 Å². The molecule has 2 nitrogen and oxygen atoms in total. The van der Waals surface area contributed by atoms with E-state index in [1.54, 1.807) is 0 Å². The lowest BCUT2D eigenvalue weighted by Crippen LogP contribution is -1.77. The molecule has 9 heavy (non-hydrogen) atoms. The average molecular weight is 123 g/mol. The van der Waals surface area contributed by atoms with Gasteiger partial charge < -0.3 is 0 Å². The Morgan fingerprint density at radius 3 is 2.44 bits per heavy atom. The van der Waals surface area contributed by atoms with Crippen LogP contribution in [0.15, 0.2) is 30.3 Å². The molecule has 0 aromatic heterocycles. The Morgan fingerprint density at radius 1 is 1.22 bits per heavy atom. The average Bonchev–Trinajstić information content (AvgIpc) is 1.91. The molecule has 2 heteroatoms. The van der Waals surface area contributed by atoms with Crippen LogP contribution in [0.3, 0.4) is 0 Å². The summed E-state index contributed by atoms with van der Waals surface area (Å²) in [6.45, 7) is 0.154. The van der Waals surface area contributed by atoms with Gasteiger partial charge >= 0.3 is 6.61 Å². The number of rotatable bonds is 2. The van der Waals surface area contributed by atoms with Crippen LogP contribution in [0, 0.1) is 9.56 Å². The van der Waals surface area contributed by atoms with Crippen molar-refractivity contribution in [3.05, 3.63) is 45.5 Å². The third kappa shape index (κ3) is 1.64. The zero-order valence-corrected chi connectivity index (χ0v) is 4.91. The zero-order chi connectivity index (χ0) is 6.53. The normalized spacial score (nSPS) is 8.89. The topological polar surface area (TPSA) is 28.4 Å². The molecule has 0 bridgehead atoms. The SMILES string of the molecule is O=[O+]Cc1ccccc1. The standard InChI is InChI=1S/C7H7O2/c8-9-6-7-4-2-1-3-5-7/h1-5H,6H2/q+1. The molecule has 0 saturated carbocycles. The van der Waals surface area contributed by atoms with Gasteiger partial charge in [-0.1, -0.05) is 18.2 Å². The highest BCUT2D eigenvalue weighted by molar-refractivity contribution is 5.15. The second kappa shape index (κ2) is 2.97. The van der Waals surface area contributed by atoms with E-state index < -0.39 is 0 Å². The van der Waals surface area contributed by atoms with Gasteiger partial charge in [-0.05, 0) is 12.1 Å². The summed E-state index contributed by atoms with van der Waals surface area (Å²) in [5.41, 5.74) is 0.910. The first kappa shape index (κ1) is 5.95. The summed E-state index contributed by atoms with van der Waals surface area (Å²) in [4.78, 5) is 9.60. The molecule has 0 amide bonds. The first-order chi connectivity index (χ1) is 4.43. The van der Waals surface area contributed by atoms with Crippen molar-refractivity contribution in [3.63, 3.8) is 0 Å². The first-order valence-corrected chi connectivity index (χ1v) is 2.72. The van der Waals surface area contributed by atoms with Gasteiger partial charge in [-0.3, -0.25) is 0 Å². The van der Waals surface area contributed by atoms with Gasteiger partial charge in [0.05, 0.1) is 5.56 Å². The number of hydrogen-bond acceptors (Lipinski definition) is 1. The minimum atomic E-state index is 0.154. The lowest BCUT2D eigenvalue weighted by molar-refractivity contribution is 1.26. The largest absolute Gasteiger partial charge is 0.367 e. The van der Waals surface area contributed by atoms with Crippen LogP contribution in [0.4, 0.5) is 0 Å². The molecular weight excluding hydrogens is 116 g/mol. The Morgan fingerprint density at radius 2 is 1.89 bits per heavy atom. The van der Waals surface area contributed by atoms with Crippen molar-refractivity contribution < 1.29 is 0 Å². The van der Waals surface area contributed by atoms with Gasteiger partial charge in [-0.25, -0.2) is 0 Å². The molecule has 0 unspecified atom stereocenters. The molecule has 0 N–H and O–H groups in total. The third-order valence-electron chi connectivity index (χ3n) is 1.07. The van der Waals surface area contributed by atoms with Gasteiger partial charge in [0.2, 0.25) is 4.96 Å². The van der Waals surface area contributed by atoms with Crippen LogP contribution >= 0.6 is 0 Å². The molecule has 0 aliphatic heterocycles. The fourth-order valence-electron chi connectivity index (χ4n) is 0.642. The summed E-state index contributed by atoms with van der Waals surface area (Å²) >= 11 is 0. The van der Waals surface area contributed by atoms with Crippen LogP contribution in [0.1, 0.15) is 5.56 Å². The molecule has 0 aliphatic carbocycles. The molecule has 0 atom stereocenters. The van der Waals surface area contributed by atoms with E-state index in [0.29, 0.717) is 0 Å². The fraction of sp³-hybridized carbons (Fsp3) is 0.143. The Kier molecular flexibility index (Phi) is 1.96. The van der Waals surface area contributed by atoms with E-state index in [1.165, 1.54) is 0 Å². The molecule has 0 saturated heterocycles. The van der Waals surface area contributed by atoms with E-state index in [1.807, 2.05) is 30.3 Å². The van der Waals surface area contributed by atoms with Crippen LogP contribution in [0.25, 0.3) is 0 Å². The van der Waals surface area contributed by atoms with E-state index >= 15 is 0 Å². The molecule has 1 aromatic carbocycles. The van der Waals surface area contributed by atoms with Crippen LogP contribution in [0.2, 0.25) is 0 Å². The van der Waals surface area contributed by atoms with E-state index in [9.17, 15) is 4.96 Å². The highest BCUT2D eigenvalue weighted by atomic mass is 16.8. The molecule has 1 aromatic rings. The monoisotopic (exact) mass is 123 g/mol. The van der Waals surface area contributed by atoms with Crippen LogP contribution in [0.5, 0.6) is 0 Å². The lowest BCUT2D eigenvalue weighted by atomic mass is 10.2.